The van der Waals surface area contributed by atoms with E-state index in [0.717, 1.165) is 16.7 Å². The fourth-order valence-corrected chi connectivity index (χ4v) is 5.23. The molecule has 1 unspecified atom stereocenters. The van der Waals surface area contributed by atoms with E-state index in [1.165, 1.54) is 17.2 Å². The zero-order valence-corrected chi connectivity index (χ0v) is 21.2. The van der Waals surface area contributed by atoms with Gasteiger partial charge in [-0.25, -0.2) is 8.78 Å². The summed E-state index contributed by atoms with van der Waals surface area (Å²) in [5.74, 6) is -0.00828. The van der Waals surface area contributed by atoms with Crippen molar-refractivity contribution in [3.63, 3.8) is 0 Å². The normalized spacial score (nSPS) is 14.2. The second kappa shape index (κ2) is 10.2. The van der Waals surface area contributed by atoms with Crippen LogP contribution in [0.15, 0.2) is 97.1 Å². The highest BCUT2D eigenvalue weighted by Gasteiger charge is 2.32. The molecule has 0 fully saturated rings. The highest BCUT2D eigenvalue weighted by molar-refractivity contribution is 5.65. The lowest BCUT2D eigenvalue weighted by atomic mass is 9.68. The molecular formula is C33H34F2. The van der Waals surface area contributed by atoms with Gasteiger partial charge in [0.25, 0.3) is 0 Å². The van der Waals surface area contributed by atoms with E-state index in [1.807, 2.05) is 36.4 Å². The van der Waals surface area contributed by atoms with E-state index >= 15 is 4.39 Å². The second-order valence-corrected chi connectivity index (χ2v) is 10.3. The third kappa shape index (κ3) is 4.93. The van der Waals surface area contributed by atoms with E-state index in [0.29, 0.717) is 11.5 Å². The van der Waals surface area contributed by atoms with Crippen molar-refractivity contribution < 1.29 is 8.78 Å². The molecule has 4 aromatic carbocycles. The van der Waals surface area contributed by atoms with Gasteiger partial charge in [0.15, 0.2) is 0 Å². The predicted octanol–water partition coefficient (Wildman–Crippen LogP) is 9.38. The first-order valence-corrected chi connectivity index (χ1v) is 12.4. The molecule has 0 bridgehead atoms. The largest absolute Gasteiger partial charge is 0.207 e. The third-order valence-electron chi connectivity index (χ3n) is 7.55. The molecular weight excluding hydrogens is 434 g/mol. The molecule has 0 aromatic heterocycles. The van der Waals surface area contributed by atoms with Gasteiger partial charge in [0.05, 0.1) is 0 Å². The van der Waals surface area contributed by atoms with Crippen molar-refractivity contribution >= 4 is 0 Å². The van der Waals surface area contributed by atoms with E-state index in [4.69, 9.17) is 0 Å². The Balaban J connectivity index is 1.67. The van der Waals surface area contributed by atoms with Crippen LogP contribution in [0.3, 0.4) is 0 Å². The topological polar surface area (TPSA) is 0 Å². The summed E-state index contributed by atoms with van der Waals surface area (Å²) < 4.78 is 29.3. The van der Waals surface area contributed by atoms with Crippen LogP contribution in [0.4, 0.5) is 8.78 Å². The summed E-state index contributed by atoms with van der Waals surface area (Å²) in [5.41, 5.74) is 5.50. The number of halogens is 2. The van der Waals surface area contributed by atoms with Gasteiger partial charge >= 0.3 is 0 Å². The molecule has 2 heteroatoms. The Hall–Kier alpha value is -3.26. The van der Waals surface area contributed by atoms with E-state index in [2.05, 4.69) is 71.0 Å². The van der Waals surface area contributed by atoms with Crippen LogP contribution in [0, 0.1) is 23.5 Å². The lowest BCUT2D eigenvalue weighted by Crippen LogP contribution is -2.30. The zero-order chi connectivity index (χ0) is 25.2. The first-order chi connectivity index (χ1) is 16.7. The fraction of sp³-hybridized carbons (Fsp3) is 0.273. The minimum Gasteiger partial charge on any atom is -0.207 e. The molecule has 0 aliphatic heterocycles. The molecule has 0 saturated heterocycles. The van der Waals surface area contributed by atoms with Crippen molar-refractivity contribution in [2.45, 2.75) is 46.0 Å². The predicted molar refractivity (Wildman–Crippen MR) is 143 cm³/mol. The van der Waals surface area contributed by atoms with Crippen molar-refractivity contribution in [1.82, 2.24) is 0 Å². The molecule has 4 aromatic rings. The number of rotatable bonds is 7. The smallest absolute Gasteiger partial charge is 0.131 e. The lowest BCUT2D eigenvalue weighted by Gasteiger charge is -2.35. The van der Waals surface area contributed by atoms with Crippen molar-refractivity contribution in [3.8, 4) is 11.1 Å². The Bertz CT molecular complexity index is 1270. The van der Waals surface area contributed by atoms with Gasteiger partial charge in [-0.2, -0.15) is 0 Å². The van der Waals surface area contributed by atoms with Crippen molar-refractivity contribution in [1.29, 1.82) is 0 Å². The van der Waals surface area contributed by atoms with E-state index in [1.54, 1.807) is 18.2 Å². The van der Waals surface area contributed by atoms with Gasteiger partial charge in [-0.15, -0.1) is 0 Å². The van der Waals surface area contributed by atoms with Crippen LogP contribution in [0.2, 0.25) is 0 Å². The lowest BCUT2D eigenvalue weighted by molar-refractivity contribution is 0.405. The Labute approximate surface area is 208 Å². The number of hydrogen-bond donors (Lipinski definition) is 0. The van der Waals surface area contributed by atoms with Crippen LogP contribution in [0.25, 0.3) is 11.1 Å². The molecule has 2 atom stereocenters. The Morgan fingerprint density at radius 3 is 1.83 bits per heavy atom. The van der Waals surface area contributed by atoms with E-state index in [-0.39, 0.29) is 28.9 Å². The molecule has 4 rings (SSSR count). The summed E-state index contributed by atoms with van der Waals surface area (Å²) in [7, 11) is 0. The third-order valence-corrected chi connectivity index (χ3v) is 7.55. The number of benzene rings is 4. The van der Waals surface area contributed by atoms with Crippen LogP contribution in [-0.4, -0.2) is 0 Å². The standard InChI is InChI=1S/C33H34F2/c1-22(2)32(25-10-9-13-29(34)20-25)26-16-19-30(31(35)21-26)24-14-17-28(18-15-24)33(5,23(3)4)27-11-7-6-8-12-27/h6-23,32H,1-5H3/t32?,33-/m0/s1. The SMILES string of the molecule is CC(C)C(c1cccc(F)c1)c1ccc(-c2ccc([C@](C)(c3ccccc3)C(C)C)cc2)c(F)c1. The molecule has 0 amide bonds. The maximum absolute atomic E-state index is 15.4. The molecule has 0 spiro atoms. The maximum atomic E-state index is 15.4. The zero-order valence-electron chi connectivity index (χ0n) is 21.2. The van der Waals surface area contributed by atoms with Gasteiger partial charge in [0, 0.05) is 16.9 Å². The molecule has 0 nitrogen and oxygen atoms in total. The molecule has 0 heterocycles. The molecule has 0 aliphatic carbocycles. The highest BCUT2D eigenvalue weighted by Crippen LogP contribution is 2.40. The Morgan fingerprint density at radius 2 is 1.26 bits per heavy atom. The van der Waals surface area contributed by atoms with Gasteiger partial charge in [-0.05, 0) is 57.9 Å². The summed E-state index contributed by atoms with van der Waals surface area (Å²) in [5, 5.41) is 0. The van der Waals surface area contributed by atoms with E-state index < -0.39 is 0 Å². The van der Waals surface area contributed by atoms with Gasteiger partial charge in [-0.3, -0.25) is 0 Å². The molecule has 0 saturated carbocycles. The monoisotopic (exact) mass is 468 g/mol. The minimum absolute atomic E-state index is 0.0748. The molecule has 0 aliphatic rings. The van der Waals surface area contributed by atoms with Crippen LogP contribution in [0.1, 0.15) is 62.8 Å². The van der Waals surface area contributed by atoms with Crippen molar-refractivity contribution in [2.24, 2.45) is 11.8 Å². The van der Waals surface area contributed by atoms with Crippen LogP contribution < -0.4 is 0 Å². The Morgan fingerprint density at radius 1 is 0.629 bits per heavy atom. The van der Waals surface area contributed by atoms with Crippen LogP contribution in [-0.2, 0) is 5.41 Å². The molecule has 35 heavy (non-hydrogen) atoms. The first kappa shape index (κ1) is 24.9. The van der Waals surface area contributed by atoms with Crippen molar-refractivity contribution in [3.05, 3.63) is 131 Å². The summed E-state index contributed by atoms with van der Waals surface area (Å²) in [6.07, 6.45) is 0. The summed E-state index contributed by atoms with van der Waals surface area (Å²) in [6.45, 7) is 10.9. The number of hydrogen-bond acceptors (Lipinski definition) is 0. The highest BCUT2D eigenvalue weighted by atomic mass is 19.1. The van der Waals surface area contributed by atoms with Crippen LogP contribution >= 0.6 is 0 Å². The summed E-state index contributed by atoms with van der Waals surface area (Å²) >= 11 is 0. The summed E-state index contributed by atoms with van der Waals surface area (Å²) in [4.78, 5) is 0. The van der Waals surface area contributed by atoms with Crippen LogP contribution in [0.5, 0.6) is 0 Å². The Kier molecular flexibility index (Phi) is 7.21. The average Bonchev–Trinajstić information content (AvgIpc) is 2.84. The van der Waals surface area contributed by atoms with Gasteiger partial charge < -0.3 is 0 Å². The minimum atomic E-state index is -0.269. The maximum Gasteiger partial charge on any atom is 0.131 e. The fourth-order valence-electron chi connectivity index (χ4n) is 5.23. The van der Waals surface area contributed by atoms with Crippen molar-refractivity contribution in [2.75, 3.05) is 0 Å². The second-order valence-electron chi connectivity index (χ2n) is 10.3. The molecule has 180 valence electrons. The van der Waals surface area contributed by atoms with Gasteiger partial charge in [0.2, 0.25) is 0 Å². The molecule has 0 radical (unpaired) electrons. The summed E-state index contributed by atoms with van der Waals surface area (Å²) in [6, 6.07) is 30.9. The molecule has 0 N–H and O–H groups in total. The first-order valence-electron chi connectivity index (χ1n) is 12.4. The quantitative estimate of drug-likeness (QED) is 0.253. The van der Waals surface area contributed by atoms with E-state index in [9.17, 15) is 4.39 Å². The van der Waals surface area contributed by atoms with Gasteiger partial charge in [-0.1, -0.05) is 113 Å². The average molecular weight is 469 g/mol. The van der Waals surface area contributed by atoms with Gasteiger partial charge in [0.1, 0.15) is 11.6 Å².